The molecule has 0 N–H and O–H groups in total. The molecule has 0 aliphatic rings. The minimum Gasteiger partial charge on any atom is -0.434 e. The van der Waals surface area contributed by atoms with Gasteiger partial charge in [0.2, 0.25) is 0 Å². The summed E-state index contributed by atoms with van der Waals surface area (Å²) in [5.74, 6) is 0. The van der Waals surface area contributed by atoms with Gasteiger partial charge in [-0.2, -0.15) is 0 Å². The molecule has 0 fully saturated rings. The molecule has 0 saturated carbocycles. The quantitative estimate of drug-likeness (QED) is 0.0854. The summed E-state index contributed by atoms with van der Waals surface area (Å²) in [6, 6.07) is 0. The Labute approximate surface area is 194 Å². The van der Waals surface area contributed by atoms with Crippen molar-refractivity contribution in [3.63, 3.8) is 0 Å². The van der Waals surface area contributed by atoms with Crippen LogP contribution in [0.15, 0.2) is 12.2 Å². The first-order valence-electron chi connectivity index (χ1n) is 13.8. The number of carbonyl (C=O) groups is 1. The first-order chi connectivity index (χ1) is 15.3. The van der Waals surface area contributed by atoms with Gasteiger partial charge in [0.25, 0.3) is 0 Å². The topological polar surface area (TPSA) is 35.5 Å². The Hall–Kier alpha value is -0.990. The van der Waals surface area contributed by atoms with E-state index in [1.165, 1.54) is 103 Å². The molecule has 0 aromatic rings. The molecule has 0 bridgehead atoms. The standard InChI is InChI=1S/C28H54O3/c1-3-5-7-8-9-10-11-12-13-14-15-16-17-18-19-20-21-22-23-25-27-31-28(29)30-26-24-6-4-2/h12-13H,3-11,14-27H2,1-2H3. The SMILES string of the molecule is CCCCCCCCC=CCCCCCCCCCCCCOC(=O)OCCCCC. The van der Waals surface area contributed by atoms with Gasteiger partial charge in [0.1, 0.15) is 0 Å². The van der Waals surface area contributed by atoms with E-state index in [-0.39, 0.29) is 0 Å². The summed E-state index contributed by atoms with van der Waals surface area (Å²) in [5, 5.41) is 0. The summed E-state index contributed by atoms with van der Waals surface area (Å²) in [6.07, 6.45) is 31.3. The van der Waals surface area contributed by atoms with Crippen LogP contribution in [0.3, 0.4) is 0 Å². The molecule has 0 atom stereocenters. The van der Waals surface area contributed by atoms with Crippen molar-refractivity contribution in [3.05, 3.63) is 12.2 Å². The monoisotopic (exact) mass is 438 g/mol. The van der Waals surface area contributed by atoms with Gasteiger partial charge in [-0.1, -0.05) is 122 Å². The zero-order valence-electron chi connectivity index (χ0n) is 21.1. The van der Waals surface area contributed by atoms with E-state index in [2.05, 4.69) is 26.0 Å². The van der Waals surface area contributed by atoms with Crippen molar-refractivity contribution in [1.29, 1.82) is 0 Å². The van der Waals surface area contributed by atoms with Crippen molar-refractivity contribution in [2.24, 2.45) is 0 Å². The molecule has 0 heterocycles. The molecule has 0 amide bonds. The van der Waals surface area contributed by atoms with Crippen LogP contribution in [0.25, 0.3) is 0 Å². The second-order valence-corrected chi connectivity index (χ2v) is 9.01. The molecule has 184 valence electrons. The van der Waals surface area contributed by atoms with Crippen LogP contribution >= 0.6 is 0 Å². The van der Waals surface area contributed by atoms with Crippen LogP contribution in [-0.2, 0) is 9.47 Å². The number of rotatable bonds is 24. The summed E-state index contributed by atoms with van der Waals surface area (Å²) in [7, 11) is 0. The van der Waals surface area contributed by atoms with Gasteiger partial charge in [0, 0.05) is 0 Å². The summed E-state index contributed by atoms with van der Waals surface area (Å²) in [5.41, 5.74) is 0. The zero-order valence-corrected chi connectivity index (χ0v) is 21.1. The third kappa shape index (κ3) is 27.0. The summed E-state index contributed by atoms with van der Waals surface area (Å²) < 4.78 is 10.1. The predicted molar refractivity (Wildman–Crippen MR) is 135 cm³/mol. The highest BCUT2D eigenvalue weighted by Crippen LogP contribution is 2.12. The smallest absolute Gasteiger partial charge is 0.434 e. The van der Waals surface area contributed by atoms with Gasteiger partial charge >= 0.3 is 6.16 Å². The lowest BCUT2D eigenvalue weighted by atomic mass is 10.1. The molecule has 3 heteroatoms. The van der Waals surface area contributed by atoms with E-state index >= 15 is 0 Å². The second kappa shape index (κ2) is 27.0. The fraction of sp³-hybridized carbons (Fsp3) is 0.893. The van der Waals surface area contributed by atoms with Crippen LogP contribution in [0.5, 0.6) is 0 Å². The van der Waals surface area contributed by atoms with Gasteiger partial charge in [0.15, 0.2) is 0 Å². The van der Waals surface area contributed by atoms with Crippen LogP contribution in [0, 0.1) is 0 Å². The molecule has 0 unspecified atom stereocenters. The molecule has 0 rings (SSSR count). The van der Waals surface area contributed by atoms with Crippen molar-refractivity contribution in [1.82, 2.24) is 0 Å². The van der Waals surface area contributed by atoms with E-state index in [0.717, 1.165) is 32.1 Å². The van der Waals surface area contributed by atoms with Crippen molar-refractivity contribution in [2.45, 2.75) is 149 Å². The van der Waals surface area contributed by atoms with Gasteiger partial charge < -0.3 is 9.47 Å². The average molecular weight is 439 g/mol. The fourth-order valence-electron chi connectivity index (χ4n) is 3.76. The third-order valence-corrected chi connectivity index (χ3v) is 5.84. The zero-order chi connectivity index (χ0) is 22.7. The molecule has 0 aromatic heterocycles. The number of carbonyl (C=O) groups excluding carboxylic acids is 1. The molecular weight excluding hydrogens is 384 g/mol. The van der Waals surface area contributed by atoms with Crippen molar-refractivity contribution in [2.75, 3.05) is 13.2 Å². The van der Waals surface area contributed by atoms with E-state index in [1.54, 1.807) is 0 Å². The lowest BCUT2D eigenvalue weighted by Crippen LogP contribution is -2.09. The highest BCUT2D eigenvalue weighted by Gasteiger charge is 2.02. The molecule has 0 aliphatic carbocycles. The molecule has 0 radical (unpaired) electrons. The molecule has 0 saturated heterocycles. The van der Waals surface area contributed by atoms with Crippen LogP contribution in [0.2, 0.25) is 0 Å². The second-order valence-electron chi connectivity index (χ2n) is 9.01. The van der Waals surface area contributed by atoms with E-state index in [9.17, 15) is 4.79 Å². The Morgan fingerprint density at radius 1 is 0.484 bits per heavy atom. The van der Waals surface area contributed by atoms with Crippen LogP contribution in [0.1, 0.15) is 149 Å². The van der Waals surface area contributed by atoms with Gasteiger partial charge in [-0.25, -0.2) is 4.79 Å². The highest BCUT2D eigenvalue weighted by molar-refractivity contribution is 5.59. The molecule has 31 heavy (non-hydrogen) atoms. The Morgan fingerprint density at radius 3 is 1.26 bits per heavy atom. The molecule has 0 aromatic carbocycles. The minimum absolute atomic E-state index is 0.489. The number of unbranched alkanes of at least 4 members (excludes halogenated alkanes) is 18. The highest BCUT2D eigenvalue weighted by atomic mass is 16.7. The molecule has 3 nitrogen and oxygen atoms in total. The average Bonchev–Trinajstić information content (AvgIpc) is 2.77. The van der Waals surface area contributed by atoms with E-state index in [1.807, 2.05) is 0 Å². The van der Waals surface area contributed by atoms with Crippen molar-refractivity contribution >= 4 is 6.16 Å². The van der Waals surface area contributed by atoms with Crippen molar-refractivity contribution < 1.29 is 14.3 Å². The van der Waals surface area contributed by atoms with Gasteiger partial charge in [0.05, 0.1) is 13.2 Å². The number of ether oxygens (including phenoxy) is 2. The van der Waals surface area contributed by atoms with Crippen LogP contribution < -0.4 is 0 Å². The van der Waals surface area contributed by atoms with E-state index in [0.29, 0.717) is 13.2 Å². The fourth-order valence-corrected chi connectivity index (χ4v) is 3.76. The molecule has 0 aliphatic heterocycles. The first kappa shape index (κ1) is 30.0. The van der Waals surface area contributed by atoms with Crippen molar-refractivity contribution in [3.8, 4) is 0 Å². The Kier molecular flexibility index (Phi) is 26.2. The largest absolute Gasteiger partial charge is 0.508 e. The van der Waals surface area contributed by atoms with Gasteiger partial charge in [-0.3, -0.25) is 0 Å². The third-order valence-electron chi connectivity index (χ3n) is 5.84. The van der Waals surface area contributed by atoms with Gasteiger partial charge in [-0.05, 0) is 38.5 Å². The number of hydrogen-bond donors (Lipinski definition) is 0. The lowest BCUT2D eigenvalue weighted by Gasteiger charge is -2.06. The van der Waals surface area contributed by atoms with E-state index in [4.69, 9.17) is 9.47 Å². The maximum Gasteiger partial charge on any atom is 0.508 e. The maximum atomic E-state index is 11.4. The normalized spacial score (nSPS) is 11.3. The number of hydrogen-bond acceptors (Lipinski definition) is 3. The molecule has 0 spiro atoms. The number of allylic oxidation sites excluding steroid dienone is 2. The van der Waals surface area contributed by atoms with Crippen LogP contribution in [0.4, 0.5) is 4.79 Å². The summed E-state index contributed by atoms with van der Waals surface area (Å²) >= 11 is 0. The van der Waals surface area contributed by atoms with E-state index < -0.39 is 6.16 Å². The Morgan fingerprint density at radius 2 is 0.806 bits per heavy atom. The van der Waals surface area contributed by atoms with Gasteiger partial charge in [-0.15, -0.1) is 0 Å². The Bertz CT molecular complexity index is 378. The lowest BCUT2D eigenvalue weighted by molar-refractivity contribution is 0.0529. The minimum atomic E-state index is -0.496. The summed E-state index contributed by atoms with van der Waals surface area (Å²) in [4.78, 5) is 11.4. The summed E-state index contributed by atoms with van der Waals surface area (Å²) in [6.45, 7) is 5.40. The first-order valence-corrected chi connectivity index (χ1v) is 13.8. The molecular formula is C28H54O3. The maximum absolute atomic E-state index is 11.4. The van der Waals surface area contributed by atoms with Crippen LogP contribution in [-0.4, -0.2) is 19.4 Å². The predicted octanol–water partition coefficient (Wildman–Crippen LogP) is 9.93. The Balaban J connectivity index is 3.13.